The molecule has 5 heterocycles. The van der Waals surface area contributed by atoms with Gasteiger partial charge in [-0.05, 0) is 32.4 Å². The molecule has 0 aliphatic carbocycles. The van der Waals surface area contributed by atoms with E-state index >= 15 is 0 Å². The van der Waals surface area contributed by atoms with E-state index in [1.807, 2.05) is 0 Å². The smallest absolute Gasteiger partial charge is 0.304 e. The molecule has 3 aliphatic heterocycles. The minimum absolute atomic E-state index is 0.137. The summed E-state index contributed by atoms with van der Waals surface area (Å²) < 4.78 is 13.8. The molecule has 0 radical (unpaired) electrons. The summed E-state index contributed by atoms with van der Waals surface area (Å²) in [6.45, 7) is 7.51. The van der Waals surface area contributed by atoms with Crippen LogP contribution in [0.2, 0.25) is 0 Å². The van der Waals surface area contributed by atoms with E-state index < -0.39 is 11.5 Å². The van der Waals surface area contributed by atoms with Gasteiger partial charge < -0.3 is 20.6 Å². The Labute approximate surface area is 229 Å². The normalized spacial score (nSPS) is 22.6. The number of thioether (sulfide) groups is 1. The van der Waals surface area contributed by atoms with Gasteiger partial charge in [0.05, 0.1) is 29.4 Å². The molecule has 13 heteroatoms. The summed E-state index contributed by atoms with van der Waals surface area (Å²) in [6.07, 6.45) is 5.57. The van der Waals surface area contributed by atoms with Crippen LogP contribution in [0.5, 0.6) is 0 Å². The van der Waals surface area contributed by atoms with Crippen molar-refractivity contribution in [1.82, 2.24) is 30.4 Å². The molecule has 0 aromatic carbocycles. The number of thiophene rings is 1. The lowest BCUT2D eigenvalue weighted by Gasteiger charge is -2.34. The Balaban J connectivity index is 1.17. The van der Waals surface area contributed by atoms with Crippen LogP contribution in [-0.4, -0.2) is 94.1 Å². The second-order valence-corrected chi connectivity index (χ2v) is 11.8. The van der Waals surface area contributed by atoms with Crippen LogP contribution in [0, 0.1) is 5.82 Å². The zero-order valence-electron chi connectivity index (χ0n) is 21.2. The molecule has 0 saturated carbocycles. The van der Waals surface area contributed by atoms with Gasteiger partial charge in [-0.15, -0.1) is 11.3 Å². The first-order valence-electron chi connectivity index (χ1n) is 12.8. The number of amides is 1. The second-order valence-electron chi connectivity index (χ2n) is 9.74. The Hall–Kier alpha value is -2.74. The standard InChI is InChI=1S/C25H32FN7O3S2/c1-16-3-2-5-33(16)14-20-23(19-11-17(26)15-37-19)29-25(38-20)30-24(36)18-12-28-21(13-27-18)32-9-7-31(8-10-32)6-4-22(34)35/h11-13,15-16,25,29H,2-10,14H2,1H3,(H,30,36)(H,34,35). The fourth-order valence-electron chi connectivity index (χ4n) is 4.94. The quantitative estimate of drug-likeness (QED) is 0.422. The number of carbonyl (C=O) groups excluding carboxylic acids is 1. The highest BCUT2D eigenvalue weighted by atomic mass is 32.2. The monoisotopic (exact) mass is 561 g/mol. The molecule has 10 nitrogen and oxygen atoms in total. The van der Waals surface area contributed by atoms with Gasteiger partial charge in [0.15, 0.2) is 5.50 Å². The van der Waals surface area contributed by atoms with Crippen LogP contribution in [0.25, 0.3) is 5.70 Å². The van der Waals surface area contributed by atoms with Crippen LogP contribution >= 0.6 is 23.1 Å². The van der Waals surface area contributed by atoms with Crippen molar-refractivity contribution in [2.24, 2.45) is 0 Å². The lowest BCUT2D eigenvalue weighted by Crippen LogP contribution is -2.47. The molecule has 2 unspecified atom stereocenters. The van der Waals surface area contributed by atoms with Crippen molar-refractivity contribution in [3.63, 3.8) is 0 Å². The van der Waals surface area contributed by atoms with E-state index in [1.54, 1.807) is 18.0 Å². The highest BCUT2D eigenvalue weighted by Gasteiger charge is 2.31. The van der Waals surface area contributed by atoms with E-state index in [0.29, 0.717) is 18.4 Å². The van der Waals surface area contributed by atoms with Crippen molar-refractivity contribution in [2.75, 3.05) is 50.7 Å². The highest BCUT2D eigenvalue weighted by molar-refractivity contribution is 8.04. The molecule has 0 spiro atoms. The molecular formula is C25H32FN7O3S2. The van der Waals surface area contributed by atoms with Crippen LogP contribution < -0.4 is 15.5 Å². The van der Waals surface area contributed by atoms with Gasteiger partial charge in [-0.2, -0.15) is 0 Å². The topological polar surface area (TPSA) is 114 Å². The third-order valence-electron chi connectivity index (χ3n) is 7.14. The van der Waals surface area contributed by atoms with Crippen molar-refractivity contribution in [1.29, 1.82) is 0 Å². The van der Waals surface area contributed by atoms with Crippen molar-refractivity contribution in [2.45, 2.75) is 37.7 Å². The zero-order chi connectivity index (χ0) is 26.6. The number of carbonyl (C=O) groups is 2. The zero-order valence-corrected chi connectivity index (χ0v) is 22.9. The predicted molar refractivity (Wildman–Crippen MR) is 146 cm³/mol. The van der Waals surface area contributed by atoms with E-state index in [9.17, 15) is 14.0 Å². The maximum atomic E-state index is 13.8. The van der Waals surface area contributed by atoms with Crippen LogP contribution in [0.1, 0.15) is 41.6 Å². The van der Waals surface area contributed by atoms with E-state index in [4.69, 9.17) is 5.11 Å². The summed E-state index contributed by atoms with van der Waals surface area (Å²) in [6, 6.07) is 2.03. The van der Waals surface area contributed by atoms with E-state index in [2.05, 4.69) is 42.2 Å². The molecule has 1 amide bonds. The van der Waals surface area contributed by atoms with Gasteiger partial charge in [0.2, 0.25) is 0 Å². The molecule has 5 rings (SSSR count). The minimum atomic E-state index is -0.789. The molecular weight excluding hydrogens is 529 g/mol. The van der Waals surface area contributed by atoms with Crippen molar-refractivity contribution in [3.8, 4) is 0 Å². The Morgan fingerprint density at radius 1 is 1.21 bits per heavy atom. The third kappa shape index (κ3) is 6.45. The van der Waals surface area contributed by atoms with E-state index in [-0.39, 0.29) is 23.8 Å². The van der Waals surface area contributed by atoms with Gasteiger partial charge in [-0.1, -0.05) is 11.8 Å². The number of anilines is 1. The molecule has 2 fully saturated rings. The summed E-state index contributed by atoms with van der Waals surface area (Å²) in [7, 11) is 0. The van der Waals surface area contributed by atoms with Crippen LogP contribution in [0.4, 0.5) is 10.2 Å². The SMILES string of the molecule is CC1CCCN1CC1=C(c2cc(F)cs2)NC(NC(=O)c2cnc(N3CCN(CCC(=O)O)CC3)cn2)S1. The summed E-state index contributed by atoms with van der Waals surface area (Å²) >= 11 is 2.90. The predicted octanol–water partition coefficient (Wildman–Crippen LogP) is 2.48. The Bertz CT molecular complexity index is 1180. The lowest BCUT2D eigenvalue weighted by atomic mass is 10.2. The van der Waals surface area contributed by atoms with Crippen molar-refractivity contribution >= 4 is 46.5 Å². The average Bonchev–Trinajstić information content (AvgIpc) is 3.63. The molecule has 3 aliphatic rings. The Kier molecular flexibility index (Phi) is 8.46. The summed E-state index contributed by atoms with van der Waals surface area (Å²) in [5.41, 5.74) is 0.703. The molecule has 3 N–H and O–H groups in total. The molecule has 2 aromatic rings. The van der Waals surface area contributed by atoms with E-state index in [0.717, 1.165) is 54.7 Å². The number of piperazine rings is 1. The molecule has 2 saturated heterocycles. The van der Waals surface area contributed by atoms with Gasteiger partial charge in [-0.3, -0.25) is 19.4 Å². The summed E-state index contributed by atoms with van der Waals surface area (Å²) in [5.74, 6) is -0.690. The minimum Gasteiger partial charge on any atom is -0.481 e. The number of aromatic nitrogens is 2. The Morgan fingerprint density at radius 2 is 2.03 bits per heavy atom. The molecule has 2 atom stereocenters. The first-order chi connectivity index (χ1) is 18.4. The summed E-state index contributed by atoms with van der Waals surface area (Å²) in [5, 5.41) is 16.7. The van der Waals surface area contributed by atoms with Crippen molar-refractivity contribution in [3.05, 3.63) is 45.1 Å². The van der Waals surface area contributed by atoms with Gasteiger partial charge in [0, 0.05) is 55.6 Å². The van der Waals surface area contributed by atoms with Gasteiger partial charge >= 0.3 is 5.97 Å². The second kappa shape index (κ2) is 12.0. The molecule has 204 valence electrons. The fraction of sp³-hybridized carbons (Fsp3) is 0.520. The number of likely N-dealkylation sites (tertiary alicyclic amines) is 1. The summed E-state index contributed by atoms with van der Waals surface area (Å²) in [4.78, 5) is 41.1. The fourth-order valence-corrected chi connectivity index (χ4v) is 6.95. The van der Waals surface area contributed by atoms with E-state index in [1.165, 1.54) is 41.8 Å². The number of hydrogen-bond acceptors (Lipinski definition) is 10. The molecule has 38 heavy (non-hydrogen) atoms. The number of rotatable bonds is 9. The third-order valence-corrected chi connectivity index (χ3v) is 9.14. The van der Waals surface area contributed by atoms with Crippen LogP contribution in [0.15, 0.2) is 28.7 Å². The number of carboxylic acids is 1. The Morgan fingerprint density at radius 3 is 2.66 bits per heavy atom. The van der Waals surface area contributed by atoms with Crippen LogP contribution in [-0.2, 0) is 4.79 Å². The van der Waals surface area contributed by atoms with Crippen LogP contribution in [0.3, 0.4) is 0 Å². The van der Waals surface area contributed by atoms with Gasteiger partial charge in [-0.25, -0.2) is 14.4 Å². The number of hydrogen-bond donors (Lipinski definition) is 3. The first kappa shape index (κ1) is 26.9. The lowest BCUT2D eigenvalue weighted by molar-refractivity contribution is -0.137. The number of halogens is 1. The van der Waals surface area contributed by atoms with Gasteiger partial charge in [0.25, 0.3) is 5.91 Å². The molecule has 2 aromatic heterocycles. The average molecular weight is 562 g/mol. The van der Waals surface area contributed by atoms with Gasteiger partial charge in [0.1, 0.15) is 17.3 Å². The number of carboxylic acid groups (broad SMARTS) is 1. The van der Waals surface area contributed by atoms with Crippen molar-refractivity contribution < 1.29 is 19.1 Å². The number of nitrogens with zero attached hydrogens (tertiary/aromatic N) is 5. The number of aliphatic carboxylic acids is 1. The first-order valence-corrected chi connectivity index (χ1v) is 14.6. The molecule has 0 bridgehead atoms. The maximum Gasteiger partial charge on any atom is 0.304 e. The largest absolute Gasteiger partial charge is 0.481 e. The maximum absolute atomic E-state index is 13.8. The number of nitrogens with one attached hydrogen (secondary N) is 2. The highest BCUT2D eigenvalue weighted by Crippen LogP contribution is 2.38.